The van der Waals surface area contributed by atoms with E-state index in [1.54, 1.807) is 25.1 Å². The van der Waals surface area contributed by atoms with Crippen LogP contribution in [0.5, 0.6) is 17.2 Å². The van der Waals surface area contributed by atoms with Gasteiger partial charge in [-0.15, -0.1) is 0 Å². The van der Waals surface area contributed by atoms with E-state index in [-0.39, 0.29) is 48.5 Å². The van der Waals surface area contributed by atoms with Crippen molar-refractivity contribution in [1.82, 2.24) is 5.32 Å². The summed E-state index contributed by atoms with van der Waals surface area (Å²) in [6.07, 6.45) is -0.524. The lowest BCUT2D eigenvalue weighted by Gasteiger charge is -2.36. The Morgan fingerprint density at radius 3 is 2.66 bits per heavy atom. The lowest BCUT2D eigenvalue weighted by molar-refractivity contribution is -0.167. The molecular weight excluding hydrogens is 459 g/mol. The SMILES string of the molecule is CCOC(=O)[C@@]1(CCNC[C@H](O)COc2cc(Cl)c(N)c(Cl)c2)COc2ccccc2O1. The monoisotopic (exact) mass is 484 g/mol. The topological polar surface area (TPSA) is 112 Å². The Hall–Kier alpha value is -2.39. The summed E-state index contributed by atoms with van der Waals surface area (Å²) in [5.41, 5.74) is 4.70. The first-order chi connectivity index (χ1) is 15.3. The van der Waals surface area contributed by atoms with Crippen LogP contribution in [0.3, 0.4) is 0 Å². The van der Waals surface area contributed by atoms with Gasteiger partial charge >= 0.3 is 5.97 Å². The molecule has 0 bridgehead atoms. The summed E-state index contributed by atoms with van der Waals surface area (Å²) in [5.74, 6) is 0.982. The number of carbonyl (C=O) groups is 1. The van der Waals surface area contributed by atoms with Crippen molar-refractivity contribution in [2.45, 2.75) is 25.0 Å². The summed E-state index contributed by atoms with van der Waals surface area (Å²) in [6.45, 7) is 2.62. The number of aliphatic hydroxyl groups excluding tert-OH is 1. The molecule has 0 saturated carbocycles. The first-order valence-corrected chi connectivity index (χ1v) is 10.9. The highest BCUT2D eigenvalue weighted by atomic mass is 35.5. The number of para-hydroxylation sites is 2. The molecule has 2 atom stereocenters. The van der Waals surface area contributed by atoms with Crippen molar-refractivity contribution >= 4 is 34.9 Å². The number of nitrogen functional groups attached to an aromatic ring is 1. The summed E-state index contributed by atoms with van der Waals surface area (Å²) in [4.78, 5) is 12.6. The molecular formula is C22H26Cl2N2O6. The number of rotatable bonds is 10. The van der Waals surface area contributed by atoms with E-state index in [4.69, 9.17) is 47.9 Å². The third-order valence-corrected chi connectivity index (χ3v) is 5.47. The fraction of sp³-hybridized carbons (Fsp3) is 0.409. The van der Waals surface area contributed by atoms with E-state index >= 15 is 0 Å². The molecule has 0 aromatic heterocycles. The lowest BCUT2D eigenvalue weighted by atomic mass is 9.99. The minimum Gasteiger partial charge on any atom is -0.491 e. The summed E-state index contributed by atoms with van der Waals surface area (Å²) < 4.78 is 22.5. The van der Waals surface area contributed by atoms with Crippen LogP contribution < -0.4 is 25.3 Å². The Kier molecular flexibility index (Phi) is 8.31. The Morgan fingerprint density at radius 2 is 1.97 bits per heavy atom. The number of nitrogens with two attached hydrogens (primary N) is 1. The van der Waals surface area contributed by atoms with Crippen LogP contribution in [0.4, 0.5) is 5.69 Å². The molecule has 0 radical (unpaired) electrons. The quantitative estimate of drug-likeness (QED) is 0.268. The molecule has 1 aliphatic rings. The smallest absolute Gasteiger partial charge is 0.354 e. The van der Waals surface area contributed by atoms with Gasteiger partial charge in [0.15, 0.2) is 11.5 Å². The molecule has 8 nitrogen and oxygen atoms in total. The van der Waals surface area contributed by atoms with Gasteiger partial charge in [0.05, 0.1) is 22.3 Å². The second-order valence-electron chi connectivity index (χ2n) is 7.27. The fourth-order valence-corrected chi connectivity index (χ4v) is 3.60. The number of hydrogen-bond acceptors (Lipinski definition) is 8. The van der Waals surface area contributed by atoms with Crippen LogP contribution in [0.1, 0.15) is 13.3 Å². The number of carbonyl (C=O) groups excluding carboxylic acids is 1. The van der Waals surface area contributed by atoms with Gasteiger partial charge in [-0.3, -0.25) is 0 Å². The molecule has 0 spiro atoms. The van der Waals surface area contributed by atoms with E-state index in [1.807, 2.05) is 6.07 Å². The van der Waals surface area contributed by atoms with Crippen LogP contribution in [0.2, 0.25) is 10.0 Å². The van der Waals surface area contributed by atoms with E-state index < -0.39 is 17.7 Å². The zero-order valence-electron chi connectivity index (χ0n) is 17.6. The van der Waals surface area contributed by atoms with Gasteiger partial charge in [-0.1, -0.05) is 35.3 Å². The molecule has 10 heteroatoms. The summed E-state index contributed by atoms with van der Waals surface area (Å²) in [7, 11) is 0. The normalized spacial score (nSPS) is 18.1. The van der Waals surface area contributed by atoms with Crippen molar-refractivity contribution in [2.24, 2.45) is 0 Å². The second-order valence-corrected chi connectivity index (χ2v) is 8.09. The number of anilines is 1. The number of ether oxygens (including phenoxy) is 4. The highest BCUT2D eigenvalue weighted by Crippen LogP contribution is 2.37. The first-order valence-electron chi connectivity index (χ1n) is 10.2. The molecule has 0 fully saturated rings. The Bertz CT molecular complexity index is 921. The van der Waals surface area contributed by atoms with Gasteiger partial charge < -0.3 is 35.1 Å². The third-order valence-electron chi connectivity index (χ3n) is 4.84. The highest BCUT2D eigenvalue weighted by molar-refractivity contribution is 6.39. The maximum atomic E-state index is 12.6. The van der Waals surface area contributed by atoms with Crippen LogP contribution in [0.15, 0.2) is 36.4 Å². The summed E-state index contributed by atoms with van der Waals surface area (Å²) in [6, 6.07) is 10.2. The average molecular weight is 485 g/mol. The Balaban J connectivity index is 1.50. The van der Waals surface area contributed by atoms with Crippen molar-refractivity contribution < 1.29 is 28.8 Å². The van der Waals surface area contributed by atoms with Gasteiger partial charge in [0.2, 0.25) is 5.60 Å². The van der Waals surface area contributed by atoms with Gasteiger partial charge in [-0.05, 0) is 25.6 Å². The van der Waals surface area contributed by atoms with Crippen LogP contribution in [0, 0.1) is 0 Å². The zero-order valence-corrected chi connectivity index (χ0v) is 19.1. The molecule has 0 aliphatic carbocycles. The average Bonchev–Trinajstić information content (AvgIpc) is 2.78. The maximum absolute atomic E-state index is 12.6. The summed E-state index contributed by atoms with van der Waals surface area (Å²) in [5, 5.41) is 13.9. The zero-order chi connectivity index (χ0) is 23.1. The minimum absolute atomic E-state index is 0.0135. The first kappa shape index (κ1) is 24.3. The van der Waals surface area contributed by atoms with Crippen LogP contribution in [0.25, 0.3) is 0 Å². The number of benzene rings is 2. The number of aliphatic hydroxyl groups is 1. The molecule has 0 saturated heterocycles. The Labute approximate surface area is 196 Å². The van der Waals surface area contributed by atoms with Gasteiger partial charge in [0.1, 0.15) is 25.1 Å². The minimum atomic E-state index is -1.27. The molecule has 2 aromatic carbocycles. The third kappa shape index (κ3) is 5.89. The number of halogens is 2. The predicted octanol–water partition coefficient (Wildman–Crippen LogP) is 3.07. The van der Waals surface area contributed by atoms with Crippen LogP contribution in [-0.4, -0.2) is 55.7 Å². The molecule has 3 rings (SSSR count). The fourth-order valence-electron chi connectivity index (χ4n) is 3.13. The number of hydrogen-bond donors (Lipinski definition) is 3. The van der Waals surface area contributed by atoms with Crippen LogP contribution >= 0.6 is 23.2 Å². The number of nitrogens with one attached hydrogen (secondary N) is 1. The van der Waals surface area contributed by atoms with Gasteiger partial charge in [-0.2, -0.15) is 0 Å². The molecule has 0 amide bonds. The molecule has 0 unspecified atom stereocenters. The molecule has 2 aromatic rings. The maximum Gasteiger partial charge on any atom is 0.354 e. The second kappa shape index (κ2) is 11.0. The largest absolute Gasteiger partial charge is 0.491 e. The van der Waals surface area contributed by atoms with Crippen LogP contribution in [-0.2, 0) is 9.53 Å². The molecule has 1 aliphatic heterocycles. The number of fused-ring (bicyclic) bond motifs is 1. The van der Waals surface area contributed by atoms with Gasteiger partial charge in [0.25, 0.3) is 0 Å². The van der Waals surface area contributed by atoms with Crippen molar-refractivity contribution in [3.8, 4) is 17.2 Å². The predicted molar refractivity (Wildman–Crippen MR) is 122 cm³/mol. The highest BCUT2D eigenvalue weighted by Gasteiger charge is 2.46. The Morgan fingerprint density at radius 1 is 1.28 bits per heavy atom. The molecule has 174 valence electrons. The van der Waals surface area contributed by atoms with E-state index in [2.05, 4.69) is 5.32 Å². The lowest BCUT2D eigenvalue weighted by Crippen LogP contribution is -2.54. The van der Waals surface area contributed by atoms with E-state index in [1.165, 1.54) is 12.1 Å². The van der Waals surface area contributed by atoms with E-state index in [0.717, 1.165) is 0 Å². The van der Waals surface area contributed by atoms with E-state index in [0.29, 0.717) is 23.8 Å². The molecule has 32 heavy (non-hydrogen) atoms. The standard InChI is InChI=1S/C22H26Cl2N2O6/c1-2-29-21(28)22(13-31-18-5-3-4-6-19(18)32-22)7-8-26-11-14(27)12-30-15-9-16(23)20(25)17(24)10-15/h3-6,9-10,14,26-27H,2,7-8,11-13,25H2,1H3/t14-,22+/m0/s1. The number of esters is 1. The molecule has 4 N–H and O–H groups in total. The summed E-state index contributed by atoms with van der Waals surface area (Å²) >= 11 is 12.0. The van der Waals surface area contributed by atoms with Gasteiger partial charge in [0, 0.05) is 25.1 Å². The van der Waals surface area contributed by atoms with Crippen molar-refractivity contribution in [2.75, 3.05) is 38.6 Å². The van der Waals surface area contributed by atoms with Crippen molar-refractivity contribution in [3.05, 3.63) is 46.4 Å². The van der Waals surface area contributed by atoms with Crippen molar-refractivity contribution in [1.29, 1.82) is 0 Å². The van der Waals surface area contributed by atoms with Crippen molar-refractivity contribution in [3.63, 3.8) is 0 Å². The molecule has 1 heterocycles. The van der Waals surface area contributed by atoms with E-state index in [9.17, 15) is 9.90 Å². The van der Waals surface area contributed by atoms with Gasteiger partial charge in [-0.25, -0.2) is 4.79 Å².